The smallest absolute Gasteiger partial charge is 0.433 e. The molecule has 5 rings (SSSR count). The molecule has 0 saturated heterocycles. The van der Waals surface area contributed by atoms with Crippen LogP contribution in [-0.2, 0) is 5.67 Å². The molecule has 1 heterocycles. The lowest BCUT2D eigenvalue weighted by Crippen LogP contribution is -2.50. The Morgan fingerprint density at radius 1 is 0.959 bits per heavy atom. The van der Waals surface area contributed by atoms with Crippen molar-refractivity contribution in [2.45, 2.75) is 43.8 Å². The molecule has 0 spiro atoms. The third kappa shape index (κ3) is 7.04. The highest BCUT2D eigenvalue weighted by atomic mass is 79.9. The SMILES string of the molecule is O=C(Nc1c(Br)cc(C(F)(C(F)(F)F)C(F)(F)F)cc1OC(F)F)c1cccc(N(CC2CC2)C(=O)c2ccc3c(c2)OC(F)(F)O3)c1F. The van der Waals surface area contributed by atoms with E-state index in [0.717, 1.165) is 41.3 Å². The maximum atomic E-state index is 16.0. The van der Waals surface area contributed by atoms with Crippen molar-refractivity contribution in [1.82, 2.24) is 0 Å². The summed E-state index contributed by atoms with van der Waals surface area (Å²) in [5.41, 5.74) is -11.0. The number of benzene rings is 3. The number of alkyl halides is 11. The maximum absolute atomic E-state index is 16.0. The minimum Gasteiger partial charge on any atom is -0.433 e. The molecule has 20 heteroatoms. The molecule has 1 aliphatic carbocycles. The van der Waals surface area contributed by atoms with Gasteiger partial charge in [-0.05, 0) is 77.2 Å². The second kappa shape index (κ2) is 12.5. The number of hydrogen-bond acceptors (Lipinski definition) is 5. The largest absolute Gasteiger partial charge is 0.586 e. The lowest BCUT2D eigenvalue weighted by atomic mass is 9.93. The molecule has 2 aliphatic rings. The fourth-order valence-corrected chi connectivity index (χ4v) is 5.29. The molecule has 0 bridgehead atoms. The number of hydrogen-bond donors (Lipinski definition) is 1. The highest BCUT2D eigenvalue weighted by Gasteiger charge is 2.73. The molecule has 1 N–H and O–H groups in total. The number of nitrogens with one attached hydrogen (secondary N) is 1. The minimum atomic E-state index is -6.63. The second-order valence-corrected chi connectivity index (χ2v) is 11.5. The Hall–Kier alpha value is -4.36. The molecule has 3 aromatic rings. The quantitative estimate of drug-likeness (QED) is 0.219. The molecule has 7 nitrogen and oxygen atoms in total. The molecular weight excluding hydrogens is 764 g/mol. The summed E-state index contributed by atoms with van der Waals surface area (Å²) in [5, 5.41) is 1.84. The zero-order valence-electron chi connectivity index (χ0n) is 23.8. The highest BCUT2D eigenvalue weighted by molar-refractivity contribution is 9.10. The summed E-state index contributed by atoms with van der Waals surface area (Å²) in [6, 6.07) is 5.58. The molecule has 0 atom stereocenters. The van der Waals surface area contributed by atoms with E-state index in [9.17, 15) is 57.9 Å². The Kier molecular flexibility index (Phi) is 9.17. The van der Waals surface area contributed by atoms with Crippen molar-refractivity contribution in [2.24, 2.45) is 5.92 Å². The summed E-state index contributed by atoms with van der Waals surface area (Å²) in [6.07, 6.45) is -16.0. The topological polar surface area (TPSA) is 77.1 Å². The molecule has 264 valence electrons. The first-order valence-electron chi connectivity index (χ1n) is 13.6. The van der Waals surface area contributed by atoms with E-state index in [2.05, 4.69) is 30.1 Å². The van der Waals surface area contributed by atoms with Crippen molar-refractivity contribution in [3.63, 3.8) is 0 Å². The molecular formula is C29H17BrF12N2O5. The number of nitrogens with zero attached hydrogens (tertiary/aromatic N) is 1. The second-order valence-electron chi connectivity index (χ2n) is 10.6. The number of anilines is 2. The van der Waals surface area contributed by atoms with E-state index in [0.29, 0.717) is 12.8 Å². The van der Waals surface area contributed by atoms with Crippen LogP contribution in [0.5, 0.6) is 17.2 Å². The summed E-state index contributed by atoms with van der Waals surface area (Å²) >= 11 is 2.52. The first-order chi connectivity index (χ1) is 22.6. The van der Waals surface area contributed by atoms with Crippen LogP contribution in [0.25, 0.3) is 0 Å². The average molecular weight is 781 g/mol. The number of rotatable bonds is 9. The Morgan fingerprint density at radius 2 is 1.59 bits per heavy atom. The summed E-state index contributed by atoms with van der Waals surface area (Å²) in [4.78, 5) is 27.6. The lowest BCUT2D eigenvalue weighted by Gasteiger charge is -2.31. The molecule has 3 aromatic carbocycles. The van der Waals surface area contributed by atoms with Crippen LogP contribution in [0.2, 0.25) is 0 Å². The van der Waals surface area contributed by atoms with E-state index >= 15 is 4.39 Å². The van der Waals surface area contributed by atoms with Crippen LogP contribution in [-0.4, -0.2) is 43.6 Å². The van der Waals surface area contributed by atoms with Crippen LogP contribution in [0.4, 0.5) is 64.1 Å². The van der Waals surface area contributed by atoms with E-state index in [1.165, 1.54) is 0 Å². The lowest BCUT2D eigenvalue weighted by molar-refractivity contribution is -0.348. The van der Waals surface area contributed by atoms with Crippen LogP contribution in [0.1, 0.15) is 39.1 Å². The molecule has 1 aliphatic heterocycles. The van der Waals surface area contributed by atoms with Gasteiger partial charge in [0.15, 0.2) is 23.1 Å². The van der Waals surface area contributed by atoms with Gasteiger partial charge in [0.05, 0.1) is 16.9 Å². The van der Waals surface area contributed by atoms with Crippen molar-refractivity contribution in [3.05, 3.63) is 75.5 Å². The number of carbonyl (C=O) groups is 2. The van der Waals surface area contributed by atoms with Gasteiger partial charge in [-0.2, -0.15) is 35.1 Å². The molecule has 0 aromatic heterocycles. The van der Waals surface area contributed by atoms with E-state index in [4.69, 9.17) is 0 Å². The number of halogens is 13. The van der Waals surface area contributed by atoms with Crippen molar-refractivity contribution >= 4 is 39.1 Å². The van der Waals surface area contributed by atoms with Crippen LogP contribution in [0, 0.1) is 11.7 Å². The zero-order chi connectivity index (χ0) is 36.3. The van der Waals surface area contributed by atoms with Crippen LogP contribution < -0.4 is 24.4 Å². The summed E-state index contributed by atoms with van der Waals surface area (Å²) in [7, 11) is 0. The van der Waals surface area contributed by atoms with E-state index in [1.807, 2.05) is 5.32 Å². The van der Waals surface area contributed by atoms with Gasteiger partial charge in [-0.3, -0.25) is 9.59 Å². The molecule has 2 amide bonds. The van der Waals surface area contributed by atoms with Crippen molar-refractivity contribution < 1.29 is 76.5 Å². The Labute approximate surface area is 274 Å². The number of carbonyl (C=O) groups excluding carboxylic acids is 2. The van der Waals surface area contributed by atoms with Crippen molar-refractivity contribution in [1.29, 1.82) is 0 Å². The minimum absolute atomic E-state index is 0.0843. The average Bonchev–Trinajstić information content (AvgIpc) is 3.74. The summed E-state index contributed by atoms with van der Waals surface area (Å²) in [5.74, 6) is -6.41. The van der Waals surface area contributed by atoms with Gasteiger partial charge in [-0.15, -0.1) is 8.78 Å². The van der Waals surface area contributed by atoms with E-state index < -0.39 is 87.0 Å². The third-order valence-electron chi connectivity index (χ3n) is 7.23. The number of amides is 2. The van der Waals surface area contributed by atoms with E-state index in [-0.39, 0.29) is 35.9 Å². The first-order valence-corrected chi connectivity index (χ1v) is 14.3. The van der Waals surface area contributed by atoms with Gasteiger partial charge >= 0.3 is 30.9 Å². The van der Waals surface area contributed by atoms with Crippen molar-refractivity contribution in [2.75, 3.05) is 16.8 Å². The molecule has 49 heavy (non-hydrogen) atoms. The predicted molar refractivity (Wildman–Crippen MR) is 147 cm³/mol. The highest BCUT2D eigenvalue weighted by Crippen LogP contribution is 2.55. The zero-order valence-corrected chi connectivity index (χ0v) is 25.4. The number of ether oxygens (including phenoxy) is 3. The summed E-state index contributed by atoms with van der Waals surface area (Å²) < 4.78 is 176. The number of fused-ring (bicyclic) bond motifs is 1. The Bertz CT molecular complexity index is 1780. The summed E-state index contributed by atoms with van der Waals surface area (Å²) in [6.45, 7) is -4.03. The van der Waals surface area contributed by atoms with E-state index in [1.54, 1.807) is 0 Å². The monoisotopic (exact) mass is 780 g/mol. The Balaban J connectivity index is 1.50. The first kappa shape index (κ1) is 35.9. The van der Waals surface area contributed by atoms with Gasteiger partial charge < -0.3 is 24.4 Å². The van der Waals surface area contributed by atoms with Gasteiger partial charge in [0, 0.05) is 22.1 Å². The molecule has 0 unspecified atom stereocenters. The Morgan fingerprint density at radius 3 is 2.18 bits per heavy atom. The van der Waals surface area contributed by atoms with Gasteiger partial charge in [0.2, 0.25) is 0 Å². The predicted octanol–water partition coefficient (Wildman–Crippen LogP) is 9.11. The van der Waals surface area contributed by atoms with Crippen LogP contribution in [0.3, 0.4) is 0 Å². The van der Waals surface area contributed by atoms with Gasteiger partial charge in [-0.25, -0.2) is 8.78 Å². The van der Waals surface area contributed by atoms with Crippen LogP contribution >= 0.6 is 15.9 Å². The van der Waals surface area contributed by atoms with Crippen molar-refractivity contribution in [3.8, 4) is 17.2 Å². The maximum Gasteiger partial charge on any atom is 0.586 e. The van der Waals surface area contributed by atoms with Gasteiger partial charge in [0.1, 0.15) is 0 Å². The van der Waals surface area contributed by atoms with Crippen LogP contribution in [0.15, 0.2) is 53.0 Å². The normalized spacial score (nSPS) is 15.7. The standard InChI is InChI=1S/C29H17BrF12N2O5/c30-16-9-14(26(34,27(35,36)37)28(38,39)40)10-20(47-25(32)33)22(16)43-23(45)15-2-1-3-17(21(15)31)44(11-12-4-5-12)24(46)13-6-7-18-19(8-13)49-29(41,42)48-18/h1-3,6-10,12,25H,4-5,11H2,(H,43,45). The molecule has 1 fully saturated rings. The molecule has 0 radical (unpaired) electrons. The fraction of sp³-hybridized carbons (Fsp3) is 0.310. The van der Waals surface area contributed by atoms with Gasteiger partial charge in [0.25, 0.3) is 11.8 Å². The van der Waals surface area contributed by atoms with Gasteiger partial charge in [-0.1, -0.05) is 6.07 Å². The fourth-order valence-electron chi connectivity index (χ4n) is 4.75. The third-order valence-corrected chi connectivity index (χ3v) is 7.86. The molecule has 1 saturated carbocycles.